The summed E-state index contributed by atoms with van der Waals surface area (Å²) in [6.45, 7) is 2.82. The highest BCUT2D eigenvalue weighted by Gasteiger charge is 2.22. The quantitative estimate of drug-likeness (QED) is 0.682. The lowest BCUT2D eigenvalue weighted by atomic mass is 10.1. The number of hydrogen-bond donors (Lipinski definition) is 1. The molecule has 0 aromatic heterocycles. The van der Waals surface area contributed by atoms with Crippen molar-refractivity contribution in [2.45, 2.75) is 6.04 Å². The van der Waals surface area contributed by atoms with E-state index in [0.29, 0.717) is 0 Å². The first-order chi connectivity index (χ1) is 8.72. The molecule has 0 amide bonds. The Morgan fingerprint density at radius 2 is 1.80 bits per heavy atom. The van der Waals surface area contributed by atoms with Gasteiger partial charge < -0.3 is 5.32 Å². The maximum absolute atomic E-state index is 13.2. The molecule has 0 unspecified atom stereocenters. The van der Waals surface area contributed by atoms with E-state index in [0.717, 1.165) is 31.7 Å². The first kappa shape index (κ1) is 19.1. The molecule has 1 aromatic carbocycles. The Bertz CT molecular complexity index is 414. The minimum atomic E-state index is -0.474. The number of hydrogen-bond acceptors (Lipinski definition) is 4. The van der Waals surface area contributed by atoms with E-state index in [-0.39, 0.29) is 36.5 Å². The molecular weight excluding hydrogens is 308 g/mol. The van der Waals surface area contributed by atoms with E-state index >= 15 is 0 Å². The molecule has 2 rings (SSSR count). The third kappa shape index (κ3) is 4.56. The summed E-state index contributed by atoms with van der Waals surface area (Å²) >= 11 is 0. The first-order valence-electron chi connectivity index (χ1n) is 5.97. The minimum absolute atomic E-state index is 0. The summed E-state index contributed by atoms with van der Waals surface area (Å²) in [6, 6.07) is 5.85. The lowest BCUT2D eigenvalue weighted by Crippen LogP contribution is -2.45. The third-order valence-electron chi connectivity index (χ3n) is 3.23. The molecule has 1 N–H and O–H groups in total. The number of nitrogens with one attached hydrogen (secondary N) is 1. The van der Waals surface area contributed by atoms with Crippen LogP contribution in [0.3, 0.4) is 0 Å². The van der Waals surface area contributed by atoms with Gasteiger partial charge in [0, 0.05) is 38.3 Å². The fraction of sp³-hybridized carbons (Fsp3) is 0.500. The molecule has 1 fully saturated rings. The normalized spacial score (nSPS) is 16.6. The second kappa shape index (κ2) is 9.07. The van der Waals surface area contributed by atoms with Crippen molar-refractivity contribution in [1.82, 2.24) is 10.2 Å². The van der Waals surface area contributed by atoms with Crippen molar-refractivity contribution in [1.29, 1.82) is 0 Å². The topological polar surface area (TPSA) is 58.4 Å². The number of rotatable bonds is 4. The van der Waals surface area contributed by atoms with Crippen molar-refractivity contribution in [3.8, 4) is 0 Å². The van der Waals surface area contributed by atoms with Gasteiger partial charge in [-0.3, -0.25) is 15.0 Å². The van der Waals surface area contributed by atoms with Crippen LogP contribution in [0.4, 0.5) is 10.1 Å². The molecule has 1 saturated heterocycles. The van der Waals surface area contributed by atoms with Crippen LogP contribution in [0.25, 0.3) is 0 Å². The second-order valence-corrected chi connectivity index (χ2v) is 4.30. The van der Waals surface area contributed by atoms with E-state index in [2.05, 4.69) is 10.2 Å². The zero-order chi connectivity index (χ0) is 13.0. The molecule has 5 nitrogen and oxygen atoms in total. The molecule has 8 heteroatoms. The van der Waals surface area contributed by atoms with Crippen LogP contribution in [-0.2, 0) is 0 Å². The van der Waals surface area contributed by atoms with Gasteiger partial charge in [0.2, 0.25) is 0 Å². The number of nitrogens with zero attached hydrogens (tertiary/aromatic N) is 2. The first-order valence-corrected chi connectivity index (χ1v) is 5.97. The average molecular weight is 326 g/mol. The Kier molecular flexibility index (Phi) is 8.64. The lowest BCUT2D eigenvalue weighted by molar-refractivity contribution is -0.384. The summed E-state index contributed by atoms with van der Waals surface area (Å²) in [5.41, 5.74) is 0.835. The van der Waals surface area contributed by atoms with E-state index in [1.165, 1.54) is 12.1 Å². The molecule has 0 radical (unpaired) electrons. The van der Waals surface area contributed by atoms with Crippen molar-refractivity contribution in [3.63, 3.8) is 0 Å². The zero-order valence-corrected chi connectivity index (χ0v) is 12.5. The maximum atomic E-state index is 13.2. The standard InChI is InChI=1S/C12H16FN3O2.2ClH/c13-9-12(15-7-5-14-6-8-15)10-1-3-11(4-2-10)16(17)18;;/h1-4,12,14H,5-9H2;2*1H/t12-;;/m1../s1. The number of nitro groups is 1. The van der Waals surface area contributed by atoms with Gasteiger partial charge >= 0.3 is 0 Å². The van der Waals surface area contributed by atoms with Crippen LogP contribution in [0.5, 0.6) is 0 Å². The van der Waals surface area contributed by atoms with Gasteiger partial charge in [-0.15, -0.1) is 24.8 Å². The Labute approximate surface area is 129 Å². The Morgan fingerprint density at radius 1 is 1.25 bits per heavy atom. The Balaban J connectivity index is 0.00000180. The summed E-state index contributed by atoms with van der Waals surface area (Å²) in [6.07, 6.45) is 0. The largest absolute Gasteiger partial charge is 0.314 e. The number of alkyl halides is 1. The van der Waals surface area contributed by atoms with Crippen molar-refractivity contribution in [3.05, 3.63) is 39.9 Å². The van der Waals surface area contributed by atoms with Gasteiger partial charge in [-0.1, -0.05) is 12.1 Å². The monoisotopic (exact) mass is 325 g/mol. The van der Waals surface area contributed by atoms with Crippen LogP contribution >= 0.6 is 24.8 Å². The van der Waals surface area contributed by atoms with Gasteiger partial charge in [-0.2, -0.15) is 0 Å². The molecule has 20 heavy (non-hydrogen) atoms. The number of non-ortho nitro benzene ring substituents is 1. The van der Waals surface area contributed by atoms with E-state index in [1.807, 2.05) is 0 Å². The van der Waals surface area contributed by atoms with Crippen molar-refractivity contribution < 1.29 is 9.31 Å². The van der Waals surface area contributed by atoms with Crippen LogP contribution < -0.4 is 5.32 Å². The van der Waals surface area contributed by atoms with Gasteiger partial charge in [-0.25, -0.2) is 4.39 Å². The van der Waals surface area contributed by atoms with Gasteiger partial charge in [0.15, 0.2) is 0 Å². The maximum Gasteiger partial charge on any atom is 0.269 e. The van der Waals surface area contributed by atoms with Crippen LogP contribution in [0.15, 0.2) is 24.3 Å². The number of piperazine rings is 1. The second-order valence-electron chi connectivity index (χ2n) is 4.30. The van der Waals surface area contributed by atoms with Crippen LogP contribution in [-0.4, -0.2) is 42.7 Å². The van der Waals surface area contributed by atoms with E-state index < -0.39 is 11.6 Å². The summed E-state index contributed by atoms with van der Waals surface area (Å²) in [5, 5.41) is 13.8. The fourth-order valence-corrected chi connectivity index (χ4v) is 2.21. The Hall–Kier alpha value is -0.950. The van der Waals surface area contributed by atoms with E-state index in [1.54, 1.807) is 12.1 Å². The Morgan fingerprint density at radius 3 is 2.25 bits per heavy atom. The van der Waals surface area contributed by atoms with E-state index in [4.69, 9.17) is 0 Å². The molecule has 1 atom stereocenters. The highest BCUT2D eigenvalue weighted by Crippen LogP contribution is 2.23. The van der Waals surface area contributed by atoms with E-state index in [9.17, 15) is 14.5 Å². The smallest absolute Gasteiger partial charge is 0.269 e. The summed E-state index contributed by atoms with van der Waals surface area (Å²) in [5.74, 6) is 0. The summed E-state index contributed by atoms with van der Waals surface area (Å²) < 4.78 is 13.2. The molecule has 0 bridgehead atoms. The summed E-state index contributed by atoms with van der Waals surface area (Å²) in [7, 11) is 0. The molecule has 1 aliphatic rings. The number of halogens is 3. The van der Waals surface area contributed by atoms with Gasteiger partial charge in [0.25, 0.3) is 5.69 Å². The van der Waals surface area contributed by atoms with Crippen LogP contribution in [0, 0.1) is 10.1 Å². The molecular formula is C12H18Cl2FN3O2. The molecule has 0 saturated carbocycles. The fourth-order valence-electron chi connectivity index (χ4n) is 2.21. The predicted molar refractivity (Wildman–Crippen MR) is 80.8 cm³/mol. The average Bonchev–Trinajstić information content (AvgIpc) is 2.41. The predicted octanol–water partition coefficient (Wildman–Crippen LogP) is 2.35. The minimum Gasteiger partial charge on any atom is -0.314 e. The summed E-state index contributed by atoms with van der Waals surface area (Å²) in [4.78, 5) is 12.2. The lowest BCUT2D eigenvalue weighted by Gasteiger charge is -2.33. The molecule has 1 aromatic rings. The molecule has 0 spiro atoms. The van der Waals surface area contributed by atoms with Crippen LogP contribution in [0.2, 0.25) is 0 Å². The zero-order valence-electron chi connectivity index (χ0n) is 10.8. The van der Waals surface area contributed by atoms with Gasteiger partial charge in [0.1, 0.15) is 6.67 Å². The van der Waals surface area contributed by atoms with Gasteiger partial charge in [0.05, 0.1) is 11.0 Å². The van der Waals surface area contributed by atoms with Crippen molar-refractivity contribution in [2.24, 2.45) is 0 Å². The molecule has 114 valence electrons. The highest BCUT2D eigenvalue weighted by molar-refractivity contribution is 5.85. The van der Waals surface area contributed by atoms with Gasteiger partial charge in [-0.05, 0) is 5.56 Å². The molecule has 1 heterocycles. The molecule has 0 aliphatic carbocycles. The SMILES string of the molecule is Cl.Cl.O=[N+]([O-])c1ccc([C@@H](CF)N2CCNCC2)cc1. The number of benzene rings is 1. The highest BCUT2D eigenvalue weighted by atomic mass is 35.5. The van der Waals surface area contributed by atoms with Crippen LogP contribution in [0.1, 0.15) is 11.6 Å². The third-order valence-corrected chi connectivity index (χ3v) is 3.23. The number of nitro benzene ring substituents is 1. The van der Waals surface area contributed by atoms with Crippen molar-refractivity contribution >= 4 is 30.5 Å². The molecule has 1 aliphatic heterocycles. The van der Waals surface area contributed by atoms with Crippen molar-refractivity contribution in [2.75, 3.05) is 32.9 Å².